The van der Waals surface area contributed by atoms with Crippen LogP contribution in [0.25, 0.3) is 0 Å². The van der Waals surface area contributed by atoms with Crippen molar-refractivity contribution in [1.82, 2.24) is 0 Å². The summed E-state index contributed by atoms with van der Waals surface area (Å²) in [5.41, 5.74) is 1.47. The summed E-state index contributed by atoms with van der Waals surface area (Å²) >= 11 is 0. The Hall–Kier alpha value is -2.21. The fourth-order valence-electron chi connectivity index (χ4n) is 2.35. The third kappa shape index (κ3) is 4.66. The summed E-state index contributed by atoms with van der Waals surface area (Å²) in [7, 11) is -2.16. The molecule has 2 rings (SSSR count). The number of hydrogen-bond acceptors (Lipinski definition) is 4. The minimum Gasteiger partial charge on any atom is -0.493 e. The van der Waals surface area contributed by atoms with Gasteiger partial charge in [-0.2, -0.15) is 0 Å². The van der Waals surface area contributed by atoms with E-state index in [2.05, 4.69) is 25.5 Å². The van der Waals surface area contributed by atoms with Gasteiger partial charge in [0, 0.05) is 6.07 Å². The normalized spacial score (nSPS) is 11.9. The zero-order valence-electron chi connectivity index (χ0n) is 15.3. The van der Waals surface area contributed by atoms with Crippen LogP contribution in [0.4, 0.5) is 5.69 Å². The summed E-state index contributed by atoms with van der Waals surface area (Å²) in [4.78, 5) is 0.216. The molecule has 0 aliphatic carbocycles. The van der Waals surface area contributed by atoms with Crippen LogP contribution < -0.4 is 14.2 Å². The smallest absolute Gasteiger partial charge is 0.261 e. The van der Waals surface area contributed by atoms with Crippen LogP contribution in [0.15, 0.2) is 47.4 Å². The highest BCUT2D eigenvalue weighted by Crippen LogP contribution is 2.31. The summed E-state index contributed by atoms with van der Waals surface area (Å²) in [5, 5.41) is 0. The molecular weight excluding hydrogens is 338 g/mol. The maximum atomic E-state index is 12.6. The Morgan fingerprint density at radius 3 is 2.16 bits per heavy atom. The lowest BCUT2D eigenvalue weighted by Crippen LogP contribution is -2.15. The highest BCUT2D eigenvalue weighted by atomic mass is 32.2. The largest absolute Gasteiger partial charge is 0.493 e. The van der Waals surface area contributed by atoms with Crippen molar-refractivity contribution >= 4 is 15.7 Å². The molecule has 2 aromatic carbocycles. The molecule has 6 heteroatoms. The molecule has 0 heterocycles. The van der Waals surface area contributed by atoms with E-state index < -0.39 is 10.0 Å². The average molecular weight is 363 g/mol. The molecular formula is C19H25NO4S. The highest BCUT2D eigenvalue weighted by molar-refractivity contribution is 7.92. The van der Waals surface area contributed by atoms with E-state index in [0.717, 1.165) is 5.56 Å². The number of ether oxygens (including phenoxy) is 2. The van der Waals surface area contributed by atoms with Crippen LogP contribution in [-0.2, 0) is 15.4 Å². The van der Waals surface area contributed by atoms with Crippen molar-refractivity contribution in [3.8, 4) is 11.5 Å². The van der Waals surface area contributed by atoms with E-state index in [1.54, 1.807) is 30.3 Å². The molecule has 0 saturated heterocycles. The van der Waals surface area contributed by atoms with E-state index in [0.29, 0.717) is 23.8 Å². The second kappa shape index (κ2) is 7.35. The van der Waals surface area contributed by atoms with Gasteiger partial charge in [-0.1, -0.05) is 32.9 Å². The first-order valence-electron chi connectivity index (χ1n) is 8.11. The predicted molar refractivity (Wildman–Crippen MR) is 100 cm³/mol. The molecule has 0 aromatic heterocycles. The standard InChI is InChI=1S/C19H25NO4S/c1-6-24-17-12-9-15(13-18(17)23-5)20-25(21,22)16-10-7-14(8-11-16)19(2,3)4/h7-13,20H,6H2,1-5H3. The van der Waals surface area contributed by atoms with Gasteiger partial charge in [0.15, 0.2) is 11.5 Å². The van der Waals surface area contributed by atoms with Crippen LogP contribution in [0.5, 0.6) is 11.5 Å². The molecule has 136 valence electrons. The summed E-state index contributed by atoms with van der Waals surface area (Å²) < 4.78 is 38.4. The van der Waals surface area contributed by atoms with Crippen molar-refractivity contribution in [1.29, 1.82) is 0 Å². The van der Waals surface area contributed by atoms with Gasteiger partial charge in [-0.15, -0.1) is 0 Å². The van der Waals surface area contributed by atoms with Crippen molar-refractivity contribution in [2.75, 3.05) is 18.4 Å². The fraction of sp³-hybridized carbons (Fsp3) is 0.368. The van der Waals surface area contributed by atoms with Crippen LogP contribution in [0.2, 0.25) is 0 Å². The summed E-state index contributed by atoms with van der Waals surface area (Å²) in [6.07, 6.45) is 0. The summed E-state index contributed by atoms with van der Waals surface area (Å²) in [6, 6.07) is 11.9. The molecule has 2 aromatic rings. The Morgan fingerprint density at radius 1 is 1.00 bits per heavy atom. The van der Waals surface area contributed by atoms with E-state index in [1.807, 2.05) is 19.1 Å². The monoisotopic (exact) mass is 363 g/mol. The lowest BCUT2D eigenvalue weighted by molar-refractivity contribution is 0.311. The second-order valence-corrected chi connectivity index (χ2v) is 8.36. The van der Waals surface area contributed by atoms with Crippen LogP contribution in [-0.4, -0.2) is 22.1 Å². The van der Waals surface area contributed by atoms with Gasteiger partial charge < -0.3 is 9.47 Å². The Bertz CT molecular complexity index is 821. The van der Waals surface area contributed by atoms with Crippen LogP contribution in [0.1, 0.15) is 33.3 Å². The van der Waals surface area contributed by atoms with Crippen molar-refractivity contribution in [2.45, 2.75) is 38.0 Å². The first kappa shape index (κ1) is 19.1. The lowest BCUT2D eigenvalue weighted by atomic mass is 9.87. The summed E-state index contributed by atoms with van der Waals surface area (Å²) in [5.74, 6) is 1.05. The third-order valence-corrected chi connectivity index (χ3v) is 5.14. The molecule has 0 amide bonds. The maximum Gasteiger partial charge on any atom is 0.261 e. The number of methoxy groups -OCH3 is 1. The number of sulfonamides is 1. The molecule has 0 bridgehead atoms. The van der Waals surface area contributed by atoms with Gasteiger partial charge in [-0.3, -0.25) is 4.72 Å². The Morgan fingerprint density at radius 2 is 1.64 bits per heavy atom. The van der Waals surface area contributed by atoms with Crippen LogP contribution in [0, 0.1) is 0 Å². The molecule has 0 aliphatic heterocycles. The predicted octanol–water partition coefficient (Wildman–Crippen LogP) is 4.19. The van der Waals surface area contributed by atoms with Crippen molar-refractivity contribution in [3.05, 3.63) is 48.0 Å². The van der Waals surface area contributed by atoms with Gasteiger partial charge in [-0.05, 0) is 42.2 Å². The molecule has 25 heavy (non-hydrogen) atoms. The molecule has 0 aliphatic rings. The van der Waals surface area contributed by atoms with E-state index in [1.165, 1.54) is 7.11 Å². The maximum absolute atomic E-state index is 12.6. The SMILES string of the molecule is CCOc1ccc(NS(=O)(=O)c2ccc(C(C)(C)C)cc2)cc1OC. The molecule has 5 nitrogen and oxygen atoms in total. The quantitative estimate of drug-likeness (QED) is 0.836. The van der Waals surface area contributed by atoms with Crippen molar-refractivity contribution in [2.24, 2.45) is 0 Å². The molecule has 0 fully saturated rings. The van der Waals surface area contributed by atoms with Gasteiger partial charge in [0.05, 0.1) is 24.3 Å². The molecule has 0 spiro atoms. The highest BCUT2D eigenvalue weighted by Gasteiger charge is 2.18. The Labute approximate surface area is 150 Å². The molecule has 1 N–H and O–H groups in total. The van der Waals surface area contributed by atoms with Gasteiger partial charge in [0.2, 0.25) is 0 Å². The zero-order chi connectivity index (χ0) is 18.7. The van der Waals surface area contributed by atoms with Gasteiger partial charge in [0.1, 0.15) is 0 Å². The second-order valence-electron chi connectivity index (χ2n) is 6.68. The minimum atomic E-state index is -3.67. The number of hydrogen-bond donors (Lipinski definition) is 1. The van der Waals surface area contributed by atoms with Crippen LogP contribution in [0.3, 0.4) is 0 Å². The minimum absolute atomic E-state index is 0.0296. The fourth-order valence-corrected chi connectivity index (χ4v) is 3.40. The Kier molecular flexibility index (Phi) is 5.62. The van der Waals surface area contributed by atoms with E-state index in [9.17, 15) is 8.42 Å². The Balaban J connectivity index is 2.26. The lowest BCUT2D eigenvalue weighted by Gasteiger charge is -2.19. The average Bonchev–Trinajstić information content (AvgIpc) is 2.55. The van der Waals surface area contributed by atoms with Crippen molar-refractivity contribution < 1.29 is 17.9 Å². The first-order valence-corrected chi connectivity index (χ1v) is 9.60. The van der Waals surface area contributed by atoms with E-state index >= 15 is 0 Å². The molecule has 0 atom stereocenters. The zero-order valence-corrected chi connectivity index (χ0v) is 16.1. The molecule has 0 saturated carbocycles. The number of nitrogens with one attached hydrogen (secondary N) is 1. The number of rotatable bonds is 6. The third-order valence-electron chi connectivity index (χ3n) is 3.75. The molecule has 0 radical (unpaired) electrons. The van der Waals surface area contributed by atoms with Gasteiger partial charge in [0.25, 0.3) is 10.0 Å². The first-order chi connectivity index (χ1) is 11.7. The number of anilines is 1. The summed E-state index contributed by atoms with van der Waals surface area (Å²) in [6.45, 7) is 8.63. The number of benzene rings is 2. The van der Waals surface area contributed by atoms with Crippen LogP contribution >= 0.6 is 0 Å². The molecule has 0 unspecified atom stereocenters. The van der Waals surface area contributed by atoms with E-state index in [4.69, 9.17) is 9.47 Å². The van der Waals surface area contributed by atoms with Crippen molar-refractivity contribution in [3.63, 3.8) is 0 Å². The van der Waals surface area contributed by atoms with E-state index in [-0.39, 0.29) is 10.3 Å². The van der Waals surface area contributed by atoms with Gasteiger partial charge in [-0.25, -0.2) is 8.42 Å². The van der Waals surface area contributed by atoms with Gasteiger partial charge >= 0.3 is 0 Å². The topological polar surface area (TPSA) is 64.6 Å².